The Kier molecular flexibility index (Phi) is 4.94. The Morgan fingerprint density at radius 3 is 2.55 bits per heavy atom. The second-order valence-corrected chi connectivity index (χ2v) is 7.83. The van der Waals surface area contributed by atoms with Gasteiger partial charge in [-0.25, -0.2) is 4.39 Å². The quantitative estimate of drug-likeness (QED) is 0.581. The van der Waals surface area contributed by atoms with E-state index in [1.54, 1.807) is 16.3 Å². The molecular formula is C20H16F4N2O2S. The van der Waals surface area contributed by atoms with Crippen LogP contribution >= 0.6 is 11.3 Å². The number of likely N-dealkylation sites (tertiary alicyclic amines) is 1. The van der Waals surface area contributed by atoms with E-state index in [2.05, 4.69) is 0 Å². The maximum atomic E-state index is 13.6. The number of halogens is 4. The highest BCUT2D eigenvalue weighted by atomic mass is 32.1. The summed E-state index contributed by atoms with van der Waals surface area (Å²) in [4.78, 5) is 27.1. The molecule has 0 bridgehead atoms. The molecule has 2 aromatic heterocycles. The molecule has 0 aliphatic carbocycles. The molecule has 3 aromatic rings. The second-order valence-electron chi connectivity index (χ2n) is 6.92. The molecule has 0 radical (unpaired) electrons. The summed E-state index contributed by atoms with van der Waals surface area (Å²) in [5, 5.41) is 1.80. The number of benzene rings is 1. The van der Waals surface area contributed by atoms with Gasteiger partial charge in [-0.1, -0.05) is 6.07 Å². The zero-order valence-corrected chi connectivity index (χ0v) is 15.9. The minimum atomic E-state index is -4.84. The molecule has 0 N–H and O–H groups in total. The number of thiophene rings is 1. The van der Waals surface area contributed by atoms with Gasteiger partial charge in [0.25, 0.3) is 5.56 Å². The first-order chi connectivity index (χ1) is 13.8. The first-order valence-electron chi connectivity index (χ1n) is 9.01. The lowest BCUT2D eigenvalue weighted by atomic mass is 10.0. The van der Waals surface area contributed by atoms with Crippen molar-refractivity contribution < 1.29 is 22.4 Å². The van der Waals surface area contributed by atoms with Crippen LogP contribution in [0.25, 0.3) is 21.2 Å². The van der Waals surface area contributed by atoms with Gasteiger partial charge in [0.2, 0.25) is 5.91 Å². The van der Waals surface area contributed by atoms with Crippen LogP contribution in [0.3, 0.4) is 0 Å². The molecule has 4 rings (SSSR count). The van der Waals surface area contributed by atoms with Gasteiger partial charge in [0.15, 0.2) is 0 Å². The van der Waals surface area contributed by atoms with E-state index in [1.807, 2.05) is 0 Å². The van der Waals surface area contributed by atoms with Gasteiger partial charge in [-0.3, -0.25) is 9.59 Å². The Balaban J connectivity index is 1.77. The first-order valence-corrected chi connectivity index (χ1v) is 9.89. The summed E-state index contributed by atoms with van der Waals surface area (Å²) in [6.45, 7) is 1.20. The molecule has 9 heteroatoms. The SMILES string of the molecule is O=C(Cn1ccc2scc(-c3ccc(F)c(C(F)(F)F)c3)c2c1=O)N1CCCC1. The third-order valence-electron chi connectivity index (χ3n) is 5.05. The molecule has 29 heavy (non-hydrogen) atoms. The van der Waals surface area contributed by atoms with Crippen LogP contribution in [0.4, 0.5) is 17.6 Å². The molecule has 1 fully saturated rings. The van der Waals surface area contributed by atoms with Gasteiger partial charge >= 0.3 is 6.18 Å². The smallest absolute Gasteiger partial charge is 0.341 e. The molecule has 4 nitrogen and oxygen atoms in total. The number of hydrogen-bond donors (Lipinski definition) is 0. The van der Waals surface area contributed by atoms with Crippen molar-refractivity contribution in [2.75, 3.05) is 13.1 Å². The summed E-state index contributed by atoms with van der Waals surface area (Å²) in [6.07, 6.45) is -1.46. The van der Waals surface area contributed by atoms with Gasteiger partial charge < -0.3 is 9.47 Å². The van der Waals surface area contributed by atoms with Gasteiger partial charge in [0.05, 0.1) is 10.9 Å². The molecule has 0 saturated carbocycles. The minimum absolute atomic E-state index is 0.102. The van der Waals surface area contributed by atoms with Crippen LogP contribution in [0.1, 0.15) is 18.4 Å². The number of pyridine rings is 1. The van der Waals surface area contributed by atoms with Crippen LogP contribution in [0.2, 0.25) is 0 Å². The second kappa shape index (κ2) is 7.29. The molecule has 0 atom stereocenters. The van der Waals surface area contributed by atoms with E-state index < -0.39 is 23.1 Å². The van der Waals surface area contributed by atoms with Crippen molar-refractivity contribution in [3.05, 3.63) is 57.6 Å². The molecule has 1 aliphatic rings. The van der Waals surface area contributed by atoms with E-state index in [0.29, 0.717) is 29.4 Å². The summed E-state index contributed by atoms with van der Waals surface area (Å²) in [5.41, 5.74) is -1.44. The zero-order chi connectivity index (χ0) is 20.8. The van der Waals surface area contributed by atoms with Gasteiger partial charge in [-0.15, -0.1) is 11.3 Å². The van der Waals surface area contributed by atoms with E-state index in [1.165, 1.54) is 28.2 Å². The number of carbonyl (C=O) groups excluding carboxylic acids is 1. The minimum Gasteiger partial charge on any atom is -0.341 e. The average Bonchev–Trinajstić information content (AvgIpc) is 3.33. The molecule has 1 amide bonds. The number of rotatable bonds is 3. The predicted octanol–water partition coefficient (Wildman–Crippen LogP) is 4.51. The van der Waals surface area contributed by atoms with Gasteiger partial charge in [0.1, 0.15) is 12.4 Å². The Labute approximate surface area is 167 Å². The molecule has 3 heterocycles. The molecule has 0 spiro atoms. The molecule has 152 valence electrons. The number of nitrogens with zero attached hydrogens (tertiary/aromatic N) is 2. The maximum absolute atomic E-state index is 13.6. The molecule has 0 unspecified atom stereocenters. The molecule has 1 aliphatic heterocycles. The van der Waals surface area contributed by atoms with Crippen molar-refractivity contribution in [1.29, 1.82) is 0 Å². The highest BCUT2D eigenvalue weighted by Crippen LogP contribution is 2.37. The Bertz CT molecular complexity index is 1140. The summed E-state index contributed by atoms with van der Waals surface area (Å²) >= 11 is 1.21. The largest absolute Gasteiger partial charge is 0.419 e. The van der Waals surface area contributed by atoms with Crippen molar-refractivity contribution >= 4 is 27.3 Å². The first kappa shape index (κ1) is 19.6. The predicted molar refractivity (Wildman–Crippen MR) is 102 cm³/mol. The van der Waals surface area contributed by atoms with Gasteiger partial charge in [0, 0.05) is 34.9 Å². The lowest BCUT2D eigenvalue weighted by molar-refractivity contribution is -0.140. The molecule has 1 saturated heterocycles. The third kappa shape index (κ3) is 3.66. The fourth-order valence-electron chi connectivity index (χ4n) is 3.54. The Morgan fingerprint density at radius 1 is 1.14 bits per heavy atom. The summed E-state index contributed by atoms with van der Waals surface area (Å²) in [6, 6.07) is 4.34. The lowest BCUT2D eigenvalue weighted by Crippen LogP contribution is -2.34. The van der Waals surface area contributed by atoms with Crippen LogP contribution < -0.4 is 5.56 Å². The van der Waals surface area contributed by atoms with E-state index >= 15 is 0 Å². The van der Waals surface area contributed by atoms with Crippen molar-refractivity contribution in [3.63, 3.8) is 0 Å². The number of hydrogen-bond acceptors (Lipinski definition) is 3. The zero-order valence-electron chi connectivity index (χ0n) is 15.1. The van der Waals surface area contributed by atoms with Gasteiger partial charge in [-0.05, 0) is 36.6 Å². The molecule has 1 aromatic carbocycles. The Morgan fingerprint density at radius 2 is 1.86 bits per heavy atom. The van der Waals surface area contributed by atoms with Crippen molar-refractivity contribution in [1.82, 2.24) is 9.47 Å². The highest BCUT2D eigenvalue weighted by Gasteiger charge is 2.34. The topological polar surface area (TPSA) is 42.3 Å². The number of alkyl halides is 3. The van der Waals surface area contributed by atoms with Crippen LogP contribution in [-0.4, -0.2) is 28.5 Å². The van der Waals surface area contributed by atoms with E-state index in [9.17, 15) is 27.2 Å². The lowest BCUT2D eigenvalue weighted by Gasteiger charge is -2.16. The van der Waals surface area contributed by atoms with E-state index in [4.69, 9.17) is 0 Å². The fraction of sp³-hybridized carbons (Fsp3) is 0.300. The van der Waals surface area contributed by atoms with Crippen LogP contribution in [0.15, 0.2) is 40.6 Å². The van der Waals surface area contributed by atoms with Crippen LogP contribution in [0.5, 0.6) is 0 Å². The number of aromatic nitrogens is 1. The fourth-order valence-corrected chi connectivity index (χ4v) is 4.50. The summed E-state index contributed by atoms with van der Waals surface area (Å²) < 4.78 is 54.7. The maximum Gasteiger partial charge on any atom is 0.419 e. The third-order valence-corrected chi connectivity index (χ3v) is 5.99. The van der Waals surface area contributed by atoms with Crippen molar-refractivity contribution in [2.45, 2.75) is 25.6 Å². The highest BCUT2D eigenvalue weighted by molar-refractivity contribution is 7.17. The average molecular weight is 424 g/mol. The van der Waals surface area contributed by atoms with Crippen LogP contribution in [-0.2, 0) is 17.5 Å². The molecular weight excluding hydrogens is 408 g/mol. The van der Waals surface area contributed by atoms with E-state index in [-0.39, 0.29) is 23.4 Å². The Hall–Kier alpha value is -2.68. The normalized spacial score (nSPS) is 14.7. The summed E-state index contributed by atoms with van der Waals surface area (Å²) in [7, 11) is 0. The standard InChI is InChI=1S/C20H16F4N2O2S/c21-15-4-3-12(9-14(15)20(22,23)24)13-11-29-16-5-8-26(19(28)18(13)16)10-17(27)25-6-1-2-7-25/h3-5,8-9,11H,1-2,6-7,10H2. The monoisotopic (exact) mass is 424 g/mol. The summed E-state index contributed by atoms with van der Waals surface area (Å²) in [5.74, 6) is -1.53. The van der Waals surface area contributed by atoms with E-state index in [0.717, 1.165) is 18.9 Å². The van der Waals surface area contributed by atoms with Gasteiger partial charge in [-0.2, -0.15) is 13.2 Å². The van der Waals surface area contributed by atoms with Crippen molar-refractivity contribution in [3.8, 4) is 11.1 Å². The van der Waals surface area contributed by atoms with Crippen LogP contribution in [0, 0.1) is 5.82 Å². The number of carbonyl (C=O) groups is 1. The number of fused-ring (bicyclic) bond motifs is 1. The number of amides is 1. The van der Waals surface area contributed by atoms with Crippen molar-refractivity contribution in [2.24, 2.45) is 0 Å².